The number of nitrogens with zero attached hydrogens (tertiary/aromatic N) is 1. The maximum atomic E-state index is 12.9. The molecule has 1 N–H and O–H groups in total. The molecule has 0 aromatic heterocycles. The lowest BCUT2D eigenvalue weighted by Gasteiger charge is -2.29. The van der Waals surface area contributed by atoms with Gasteiger partial charge in [0.1, 0.15) is 17.5 Å². The Morgan fingerprint density at radius 2 is 1.69 bits per heavy atom. The van der Waals surface area contributed by atoms with Gasteiger partial charge < -0.3 is 14.8 Å². The van der Waals surface area contributed by atoms with Gasteiger partial charge in [-0.05, 0) is 56.3 Å². The molecule has 0 unspecified atom stereocenters. The van der Waals surface area contributed by atoms with E-state index in [-0.39, 0.29) is 0 Å². The van der Waals surface area contributed by atoms with Gasteiger partial charge in [-0.25, -0.2) is 8.42 Å². The van der Waals surface area contributed by atoms with Crippen molar-refractivity contribution >= 4 is 33.2 Å². The Labute approximate surface area is 176 Å². The van der Waals surface area contributed by atoms with Crippen LogP contribution in [0.5, 0.6) is 11.5 Å². The van der Waals surface area contributed by atoms with Gasteiger partial charge >= 0.3 is 0 Å². The summed E-state index contributed by atoms with van der Waals surface area (Å²) in [6.07, 6.45) is 1.06. The van der Waals surface area contributed by atoms with Crippen LogP contribution in [0.4, 0.5) is 5.69 Å². The molecule has 2 atom stereocenters. The largest absolute Gasteiger partial charge is 0.497 e. The second kappa shape index (κ2) is 9.37. The summed E-state index contributed by atoms with van der Waals surface area (Å²) in [6, 6.07) is 10.1. The normalized spacial score (nSPS) is 13.3. The van der Waals surface area contributed by atoms with Gasteiger partial charge in [0, 0.05) is 10.6 Å². The SMILES string of the molecule is COc1ccc(OC)c([C@@H](C)NC(=O)[C@H](C)N(c2ccc(Cl)cc2)S(C)(=O)=O)c1. The average molecular weight is 441 g/mol. The van der Waals surface area contributed by atoms with Gasteiger partial charge in [0.25, 0.3) is 0 Å². The summed E-state index contributed by atoms with van der Waals surface area (Å²) in [5.74, 6) is 0.751. The van der Waals surface area contributed by atoms with E-state index in [4.69, 9.17) is 21.1 Å². The zero-order chi connectivity index (χ0) is 21.8. The van der Waals surface area contributed by atoms with E-state index in [1.54, 1.807) is 56.5 Å². The van der Waals surface area contributed by atoms with E-state index in [1.807, 2.05) is 0 Å². The summed E-state index contributed by atoms with van der Waals surface area (Å²) in [7, 11) is -0.630. The molecule has 0 saturated carbocycles. The molecule has 0 bridgehead atoms. The number of carbonyl (C=O) groups is 1. The second-order valence-corrected chi connectivity index (χ2v) is 8.85. The first-order valence-corrected chi connectivity index (χ1v) is 11.1. The molecule has 0 spiro atoms. The number of hydrogen-bond acceptors (Lipinski definition) is 5. The van der Waals surface area contributed by atoms with Crippen molar-refractivity contribution in [3.63, 3.8) is 0 Å². The molecule has 2 rings (SSSR count). The number of ether oxygens (including phenoxy) is 2. The highest BCUT2D eigenvalue weighted by atomic mass is 35.5. The monoisotopic (exact) mass is 440 g/mol. The van der Waals surface area contributed by atoms with Crippen LogP contribution in [0, 0.1) is 0 Å². The van der Waals surface area contributed by atoms with Gasteiger partial charge in [-0.1, -0.05) is 11.6 Å². The minimum Gasteiger partial charge on any atom is -0.497 e. The zero-order valence-corrected chi connectivity index (χ0v) is 18.5. The first-order valence-electron chi connectivity index (χ1n) is 8.85. The molecule has 158 valence electrons. The topological polar surface area (TPSA) is 84.9 Å². The van der Waals surface area contributed by atoms with E-state index in [0.717, 1.165) is 10.6 Å². The molecule has 0 radical (unpaired) electrons. The number of rotatable bonds is 8. The number of amides is 1. The molecule has 1 amide bonds. The Kier molecular flexibility index (Phi) is 7.37. The smallest absolute Gasteiger partial charge is 0.244 e. The minimum atomic E-state index is -3.71. The fraction of sp³-hybridized carbons (Fsp3) is 0.350. The van der Waals surface area contributed by atoms with E-state index < -0.39 is 28.0 Å². The molecule has 0 saturated heterocycles. The Bertz CT molecular complexity index is 963. The standard InChI is InChI=1S/C20H25ClN2O5S/c1-13(18-12-17(27-3)10-11-19(18)28-4)22-20(24)14(2)23(29(5,25)26)16-8-6-15(21)7-9-16/h6-14H,1-5H3,(H,22,24)/t13-,14+/m1/s1. The summed E-state index contributed by atoms with van der Waals surface area (Å²) in [4.78, 5) is 12.9. The maximum absolute atomic E-state index is 12.9. The Balaban J connectivity index is 2.29. The molecule has 2 aromatic rings. The van der Waals surface area contributed by atoms with Crippen molar-refractivity contribution in [1.29, 1.82) is 0 Å². The number of carbonyl (C=O) groups excluding carboxylic acids is 1. The number of methoxy groups -OCH3 is 2. The van der Waals surface area contributed by atoms with E-state index >= 15 is 0 Å². The minimum absolute atomic E-state index is 0.353. The second-order valence-electron chi connectivity index (χ2n) is 6.55. The highest BCUT2D eigenvalue weighted by Crippen LogP contribution is 2.30. The van der Waals surface area contributed by atoms with Crippen LogP contribution in [0.1, 0.15) is 25.5 Å². The predicted molar refractivity (Wildman–Crippen MR) is 114 cm³/mol. The average Bonchev–Trinajstić information content (AvgIpc) is 2.67. The molecular weight excluding hydrogens is 416 g/mol. The van der Waals surface area contributed by atoms with Crippen molar-refractivity contribution in [1.82, 2.24) is 5.32 Å². The molecule has 0 heterocycles. The number of nitrogens with one attached hydrogen (secondary N) is 1. The molecule has 0 aliphatic carbocycles. The number of halogens is 1. The molecule has 0 aliphatic rings. The van der Waals surface area contributed by atoms with Crippen LogP contribution < -0.4 is 19.1 Å². The van der Waals surface area contributed by atoms with Crippen molar-refractivity contribution in [3.8, 4) is 11.5 Å². The molecular formula is C20H25ClN2O5S. The first kappa shape index (κ1) is 22.8. The highest BCUT2D eigenvalue weighted by molar-refractivity contribution is 7.92. The summed E-state index contributed by atoms with van der Waals surface area (Å²) in [6.45, 7) is 3.31. The quantitative estimate of drug-likeness (QED) is 0.680. The van der Waals surface area contributed by atoms with E-state index in [9.17, 15) is 13.2 Å². The van der Waals surface area contributed by atoms with Crippen LogP contribution in [-0.2, 0) is 14.8 Å². The lowest BCUT2D eigenvalue weighted by atomic mass is 10.1. The van der Waals surface area contributed by atoms with Crippen LogP contribution in [0.3, 0.4) is 0 Å². The molecule has 9 heteroatoms. The van der Waals surface area contributed by atoms with E-state index in [1.165, 1.54) is 14.0 Å². The summed E-state index contributed by atoms with van der Waals surface area (Å²) < 4.78 is 36.4. The van der Waals surface area contributed by atoms with E-state index in [0.29, 0.717) is 27.8 Å². The number of benzene rings is 2. The van der Waals surface area contributed by atoms with Gasteiger partial charge in [0.05, 0.1) is 32.2 Å². The van der Waals surface area contributed by atoms with Crippen molar-refractivity contribution < 1.29 is 22.7 Å². The van der Waals surface area contributed by atoms with Crippen molar-refractivity contribution in [2.45, 2.75) is 25.9 Å². The number of hydrogen-bond donors (Lipinski definition) is 1. The Morgan fingerprint density at radius 1 is 1.07 bits per heavy atom. The molecule has 7 nitrogen and oxygen atoms in total. The van der Waals surface area contributed by atoms with Gasteiger partial charge in [-0.3, -0.25) is 9.10 Å². The number of anilines is 1. The van der Waals surface area contributed by atoms with Crippen LogP contribution in [0.25, 0.3) is 0 Å². The lowest BCUT2D eigenvalue weighted by molar-refractivity contribution is -0.122. The van der Waals surface area contributed by atoms with Crippen LogP contribution >= 0.6 is 11.6 Å². The third kappa shape index (κ3) is 5.55. The van der Waals surface area contributed by atoms with Gasteiger partial charge in [-0.15, -0.1) is 0 Å². The molecule has 29 heavy (non-hydrogen) atoms. The summed E-state index contributed by atoms with van der Waals surface area (Å²) in [5.41, 5.74) is 1.07. The van der Waals surface area contributed by atoms with Crippen LogP contribution in [0.15, 0.2) is 42.5 Å². The van der Waals surface area contributed by atoms with Gasteiger partial charge in [0.2, 0.25) is 15.9 Å². The number of sulfonamides is 1. The van der Waals surface area contributed by atoms with Crippen molar-refractivity contribution in [3.05, 3.63) is 53.1 Å². The zero-order valence-electron chi connectivity index (χ0n) is 17.0. The fourth-order valence-electron chi connectivity index (χ4n) is 2.99. The van der Waals surface area contributed by atoms with Gasteiger partial charge in [0.15, 0.2) is 0 Å². The summed E-state index contributed by atoms with van der Waals surface area (Å²) >= 11 is 5.89. The van der Waals surface area contributed by atoms with Crippen LogP contribution in [-0.4, -0.2) is 40.8 Å². The molecule has 0 aliphatic heterocycles. The van der Waals surface area contributed by atoms with Gasteiger partial charge in [-0.2, -0.15) is 0 Å². The highest BCUT2D eigenvalue weighted by Gasteiger charge is 2.30. The fourth-order valence-corrected chi connectivity index (χ4v) is 4.29. The Morgan fingerprint density at radius 3 is 2.21 bits per heavy atom. The molecule has 0 fully saturated rings. The maximum Gasteiger partial charge on any atom is 0.244 e. The molecule has 2 aromatic carbocycles. The third-order valence-electron chi connectivity index (χ3n) is 4.43. The summed E-state index contributed by atoms with van der Waals surface area (Å²) in [5, 5.41) is 3.32. The van der Waals surface area contributed by atoms with E-state index in [2.05, 4.69) is 5.32 Å². The van der Waals surface area contributed by atoms with Crippen molar-refractivity contribution in [2.75, 3.05) is 24.8 Å². The van der Waals surface area contributed by atoms with Crippen molar-refractivity contribution in [2.24, 2.45) is 0 Å². The Hall–Kier alpha value is -2.45. The first-order chi connectivity index (χ1) is 13.6. The third-order valence-corrected chi connectivity index (χ3v) is 5.93. The lowest BCUT2D eigenvalue weighted by Crippen LogP contribution is -2.48. The van der Waals surface area contributed by atoms with Crippen LogP contribution in [0.2, 0.25) is 5.02 Å². The predicted octanol–water partition coefficient (Wildman–Crippen LogP) is 3.39.